The lowest BCUT2D eigenvalue weighted by Gasteiger charge is -2.14. The van der Waals surface area contributed by atoms with Crippen molar-refractivity contribution in [3.8, 4) is 0 Å². The van der Waals surface area contributed by atoms with Gasteiger partial charge in [0.25, 0.3) is 17.7 Å². The number of pyridine rings is 1. The third-order valence-corrected chi connectivity index (χ3v) is 4.37. The van der Waals surface area contributed by atoms with Gasteiger partial charge in [-0.05, 0) is 42.0 Å². The van der Waals surface area contributed by atoms with Crippen LogP contribution < -0.4 is 5.32 Å². The van der Waals surface area contributed by atoms with E-state index < -0.39 is 0 Å². The van der Waals surface area contributed by atoms with Crippen molar-refractivity contribution < 1.29 is 14.4 Å². The van der Waals surface area contributed by atoms with Crippen molar-refractivity contribution in [1.29, 1.82) is 0 Å². The van der Waals surface area contributed by atoms with Crippen molar-refractivity contribution >= 4 is 23.4 Å². The number of aromatic nitrogens is 1. The molecular formula is C21H15N3O3. The van der Waals surface area contributed by atoms with Gasteiger partial charge in [-0.2, -0.15) is 0 Å². The number of hydrogen-bond donors (Lipinski definition) is 1. The number of hydrogen-bond acceptors (Lipinski definition) is 4. The van der Waals surface area contributed by atoms with Gasteiger partial charge < -0.3 is 5.32 Å². The Hall–Kier alpha value is -3.80. The molecule has 1 N–H and O–H groups in total. The number of benzene rings is 2. The summed E-state index contributed by atoms with van der Waals surface area (Å²) in [6.07, 6.45) is 3.20. The van der Waals surface area contributed by atoms with Crippen LogP contribution in [0.1, 0.15) is 36.6 Å². The quantitative estimate of drug-likeness (QED) is 0.728. The van der Waals surface area contributed by atoms with Crippen LogP contribution in [0.25, 0.3) is 0 Å². The van der Waals surface area contributed by atoms with E-state index in [9.17, 15) is 14.4 Å². The molecule has 0 radical (unpaired) electrons. The summed E-state index contributed by atoms with van der Waals surface area (Å²) in [5.74, 6) is -0.835. The molecule has 0 fully saturated rings. The van der Waals surface area contributed by atoms with Crippen LogP contribution in [-0.2, 0) is 6.54 Å². The van der Waals surface area contributed by atoms with E-state index in [1.807, 2.05) is 0 Å². The average molecular weight is 357 g/mol. The molecule has 3 aromatic rings. The van der Waals surface area contributed by atoms with Crippen LogP contribution in [0, 0.1) is 0 Å². The molecule has 0 atom stereocenters. The summed E-state index contributed by atoms with van der Waals surface area (Å²) in [5, 5.41) is 2.78. The molecule has 132 valence electrons. The molecule has 0 spiro atoms. The van der Waals surface area contributed by atoms with Crippen LogP contribution in [0.3, 0.4) is 0 Å². The molecule has 6 nitrogen and oxygen atoms in total. The second-order valence-electron chi connectivity index (χ2n) is 6.13. The van der Waals surface area contributed by atoms with Gasteiger partial charge in [-0.25, -0.2) is 0 Å². The number of carbonyl (C=O) groups excluding carboxylic acids is 3. The molecule has 0 aliphatic carbocycles. The van der Waals surface area contributed by atoms with Gasteiger partial charge in [-0.1, -0.05) is 24.3 Å². The Morgan fingerprint density at radius 3 is 2.04 bits per heavy atom. The summed E-state index contributed by atoms with van der Waals surface area (Å²) in [7, 11) is 0. The molecule has 6 heteroatoms. The summed E-state index contributed by atoms with van der Waals surface area (Å²) in [6.45, 7) is 0.165. The maximum absolute atomic E-state index is 12.4. The van der Waals surface area contributed by atoms with Crippen LogP contribution in [0.4, 0.5) is 5.69 Å². The van der Waals surface area contributed by atoms with Gasteiger partial charge in [0.2, 0.25) is 0 Å². The molecular weight excluding hydrogens is 342 g/mol. The van der Waals surface area contributed by atoms with Crippen molar-refractivity contribution in [2.75, 3.05) is 5.32 Å². The van der Waals surface area contributed by atoms with Crippen molar-refractivity contribution in [2.24, 2.45) is 0 Å². The van der Waals surface area contributed by atoms with Gasteiger partial charge in [0.1, 0.15) is 0 Å². The normalized spacial score (nSPS) is 12.8. The van der Waals surface area contributed by atoms with E-state index in [1.54, 1.807) is 73.1 Å². The van der Waals surface area contributed by atoms with Crippen LogP contribution in [0.15, 0.2) is 73.1 Å². The van der Waals surface area contributed by atoms with Crippen LogP contribution in [0.2, 0.25) is 0 Å². The lowest BCUT2D eigenvalue weighted by atomic mass is 10.1. The lowest BCUT2D eigenvalue weighted by molar-refractivity contribution is 0.0642. The van der Waals surface area contributed by atoms with Crippen molar-refractivity contribution in [2.45, 2.75) is 6.54 Å². The van der Waals surface area contributed by atoms with Gasteiger partial charge >= 0.3 is 0 Å². The third kappa shape index (κ3) is 3.20. The lowest BCUT2D eigenvalue weighted by Crippen LogP contribution is -2.29. The van der Waals surface area contributed by atoms with Gasteiger partial charge in [-0.15, -0.1) is 0 Å². The number of carbonyl (C=O) groups is 3. The number of anilines is 1. The number of imide groups is 1. The van der Waals surface area contributed by atoms with E-state index in [2.05, 4.69) is 10.3 Å². The Morgan fingerprint density at radius 2 is 1.44 bits per heavy atom. The molecule has 4 rings (SSSR count). The first-order valence-corrected chi connectivity index (χ1v) is 8.39. The van der Waals surface area contributed by atoms with Gasteiger partial charge in [-0.3, -0.25) is 24.3 Å². The molecule has 0 saturated carbocycles. The molecule has 27 heavy (non-hydrogen) atoms. The Kier molecular flexibility index (Phi) is 4.22. The number of nitrogens with one attached hydrogen (secondary N) is 1. The minimum atomic E-state index is -0.296. The fourth-order valence-corrected chi connectivity index (χ4v) is 2.97. The van der Waals surface area contributed by atoms with Gasteiger partial charge in [0.05, 0.1) is 17.7 Å². The molecule has 2 heterocycles. The summed E-state index contributed by atoms with van der Waals surface area (Å²) in [6, 6.07) is 17.0. The highest BCUT2D eigenvalue weighted by atomic mass is 16.2. The second kappa shape index (κ2) is 6.84. The first kappa shape index (κ1) is 16.7. The zero-order valence-corrected chi connectivity index (χ0v) is 14.3. The maximum atomic E-state index is 12.4. The second-order valence-corrected chi connectivity index (χ2v) is 6.13. The van der Waals surface area contributed by atoms with E-state index in [-0.39, 0.29) is 24.3 Å². The molecule has 0 saturated heterocycles. The monoisotopic (exact) mass is 357 g/mol. The highest BCUT2D eigenvalue weighted by Crippen LogP contribution is 2.24. The van der Waals surface area contributed by atoms with Gasteiger partial charge in [0, 0.05) is 23.6 Å². The summed E-state index contributed by atoms with van der Waals surface area (Å²) < 4.78 is 0. The zero-order valence-electron chi connectivity index (χ0n) is 14.3. The van der Waals surface area contributed by atoms with Crippen molar-refractivity contribution in [3.05, 3.63) is 95.3 Å². The minimum Gasteiger partial charge on any atom is -0.322 e. The Labute approximate surface area is 155 Å². The summed E-state index contributed by atoms with van der Waals surface area (Å²) in [4.78, 5) is 42.2. The first-order chi connectivity index (χ1) is 13.1. The molecule has 1 aromatic heterocycles. The van der Waals surface area contributed by atoms with Gasteiger partial charge in [0.15, 0.2) is 0 Å². The topological polar surface area (TPSA) is 79.4 Å². The fraction of sp³-hybridized carbons (Fsp3) is 0.0476. The predicted molar refractivity (Wildman–Crippen MR) is 99.3 cm³/mol. The van der Waals surface area contributed by atoms with Crippen LogP contribution in [-0.4, -0.2) is 27.6 Å². The first-order valence-electron chi connectivity index (χ1n) is 8.39. The number of rotatable bonds is 4. The maximum Gasteiger partial charge on any atom is 0.261 e. The Balaban J connectivity index is 1.47. The fourth-order valence-electron chi connectivity index (χ4n) is 2.97. The predicted octanol–water partition coefficient (Wildman–Crippen LogP) is 3.13. The molecule has 1 aliphatic heterocycles. The summed E-state index contributed by atoms with van der Waals surface area (Å²) >= 11 is 0. The SMILES string of the molecule is O=C(Nc1ccncc1)c1ccc(CN2C(=O)c3ccccc3C2=O)cc1. The molecule has 0 unspecified atom stereocenters. The van der Waals surface area contributed by atoms with Crippen molar-refractivity contribution in [3.63, 3.8) is 0 Å². The molecule has 2 aromatic carbocycles. The highest BCUT2D eigenvalue weighted by Gasteiger charge is 2.34. The smallest absolute Gasteiger partial charge is 0.261 e. The largest absolute Gasteiger partial charge is 0.322 e. The van der Waals surface area contributed by atoms with E-state index >= 15 is 0 Å². The standard InChI is InChI=1S/C21H15N3O3/c25-19(23-16-9-11-22-12-10-16)15-7-5-14(6-8-15)13-24-20(26)17-3-1-2-4-18(17)21(24)27/h1-12H,13H2,(H,22,23,25). The third-order valence-electron chi connectivity index (χ3n) is 4.37. The number of fused-ring (bicyclic) bond motifs is 1. The van der Waals surface area contributed by atoms with Crippen LogP contribution >= 0.6 is 0 Å². The Morgan fingerprint density at radius 1 is 0.852 bits per heavy atom. The van der Waals surface area contributed by atoms with E-state index in [1.165, 1.54) is 4.90 Å². The number of nitrogens with zero attached hydrogens (tertiary/aromatic N) is 2. The van der Waals surface area contributed by atoms with E-state index in [0.717, 1.165) is 5.56 Å². The molecule has 3 amide bonds. The van der Waals surface area contributed by atoms with E-state index in [0.29, 0.717) is 22.4 Å². The summed E-state index contributed by atoms with van der Waals surface area (Å²) in [5.41, 5.74) is 2.76. The average Bonchev–Trinajstić information content (AvgIpc) is 2.94. The van der Waals surface area contributed by atoms with Crippen molar-refractivity contribution in [1.82, 2.24) is 9.88 Å². The molecule has 1 aliphatic rings. The number of amides is 3. The zero-order chi connectivity index (χ0) is 18.8. The molecule has 0 bridgehead atoms. The highest BCUT2D eigenvalue weighted by molar-refractivity contribution is 6.21. The van der Waals surface area contributed by atoms with E-state index in [4.69, 9.17) is 0 Å². The minimum absolute atomic E-state index is 0.165. The van der Waals surface area contributed by atoms with Crippen LogP contribution in [0.5, 0.6) is 0 Å². The Bertz CT molecular complexity index is 995.